The molecule has 0 atom stereocenters. The van der Waals surface area contributed by atoms with E-state index in [0.29, 0.717) is 18.6 Å². The highest BCUT2D eigenvalue weighted by molar-refractivity contribution is 6.82. The Morgan fingerprint density at radius 3 is 2.46 bits per heavy atom. The molecule has 0 radical (unpaired) electrons. The van der Waals surface area contributed by atoms with Gasteiger partial charge in [0.05, 0.1) is 6.23 Å². The van der Waals surface area contributed by atoms with Gasteiger partial charge in [-0.1, -0.05) is 32.6 Å². The number of hydrogen-bond donors (Lipinski definition) is 0. The molecule has 0 aromatic rings. The fourth-order valence-electron chi connectivity index (χ4n) is 0.718. The Balaban J connectivity index is 3.76. The zero-order chi connectivity index (χ0) is 10.5. The van der Waals surface area contributed by atoms with Crippen LogP contribution in [0.25, 0.3) is 0 Å². The van der Waals surface area contributed by atoms with Crippen molar-refractivity contribution in [1.82, 2.24) is 0 Å². The molecule has 0 spiro atoms. The van der Waals surface area contributed by atoms with Crippen molar-refractivity contribution in [1.29, 1.82) is 0 Å². The lowest BCUT2D eigenvalue weighted by Crippen LogP contribution is -2.31. The van der Waals surface area contributed by atoms with Gasteiger partial charge < -0.3 is 4.74 Å². The number of rotatable bonds is 5. The predicted octanol–water partition coefficient (Wildman–Crippen LogP) is 2.55. The van der Waals surface area contributed by atoms with Gasteiger partial charge in [0.1, 0.15) is 8.07 Å². The van der Waals surface area contributed by atoms with Crippen molar-refractivity contribution in [3.63, 3.8) is 0 Å². The fourth-order valence-corrected chi connectivity index (χ4v) is 1.37. The zero-order valence-electron chi connectivity index (χ0n) is 9.09. The van der Waals surface area contributed by atoms with Gasteiger partial charge in [0.15, 0.2) is 0 Å². The van der Waals surface area contributed by atoms with E-state index in [2.05, 4.69) is 19.7 Å². The van der Waals surface area contributed by atoms with Gasteiger partial charge >= 0.3 is 5.97 Å². The van der Waals surface area contributed by atoms with E-state index in [9.17, 15) is 4.79 Å². The van der Waals surface area contributed by atoms with Crippen molar-refractivity contribution >= 4 is 14.0 Å². The largest absolute Gasteiger partial charge is 0.469 e. The highest BCUT2D eigenvalue weighted by atomic mass is 28.3. The summed E-state index contributed by atoms with van der Waals surface area (Å²) in [5, 5.41) is 0. The lowest BCUT2D eigenvalue weighted by molar-refractivity contribution is -0.142. The van der Waals surface area contributed by atoms with Crippen molar-refractivity contribution in [2.24, 2.45) is 5.92 Å². The Labute approximate surface area is 82.0 Å². The lowest BCUT2D eigenvalue weighted by Gasteiger charge is -2.17. The maximum Gasteiger partial charge on any atom is 0.305 e. The topological polar surface area (TPSA) is 26.3 Å². The van der Waals surface area contributed by atoms with Crippen molar-refractivity contribution < 1.29 is 9.53 Å². The molecule has 0 aromatic heterocycles. The van der Waals surface area contributed by atoms with E-state index in [1.165, 1.54) is 0 Å². The van der Waals surface area contributed by atoms with Crippen molar-refractivity contribution in [3.8, 4) is 0 Å². The molecule has 0 aliphatic carbocycles. The standard InChI is InChI=1S/C10H20O2Si/c1-6-13(4,5)8-12-10(11)7-9(2)3/h6,9H,1,7-8H2,2-5H3. The Morgan fingerprint density at radius 2 is 2.08 bits per heavy atom. The van der Waals surface area contributed by atoms with Gasteiger partial charge in [0.25, 0.3) is 0 Å². The second kappa shape index (κ2) is 5.22. The first-order chi connectivity index (χ1) is 5.87. The predicted molar refractivity (Wildman–Crippen MR) is 58.1 cm³/mol. The van der Waals surface area contributed by atoms with Gasteiger partial charge in [-0.05, 0) is 5.92 Å². The van der Waals surface area contributed by atoms with Crippen LogP contribution in [-0.4, -0.2) is 20.3 Å². The third-order valence-electron chi connectivity index (χ3n) is 1.73. The molecular formula is C10H20O2Si. The quantitative estimate of drug-likeness (QED) is 0.503. The Kier molecular flexibility index (Phi) is 4.99. The smallest absolute Gasteiger partial charge is 0.305 e. The van der Waals surface area contributed by atoms with E-state index in [4.69, 9.17) is 4.74 Å². The van der Waals surface area contributed by atoms with Crippen LogP contribution in [0.4, 0.5) is 0 Å². The van der Waals surface area contributed by atoms with Gasteiger partial charge in [-0.25, -0.2) is 0 Å². The number of ether oxygens (including phenoxy) is 1. The SMILES string of the molecule is C=C[Si](C)(C)COC(=O)CC(C)C. The fraction of sp³-hybridized carbons (Fsp3) is 0.700. The summed E-state index contributed by atoms with van der Waals surface area (Å²) in [4.78, 5) is 11.2. The lowest BCUT2D eigenvalue weighted by atomic mass is 10.1. The zero-order valence-corrected chi connectivity index (χ0v) is 10.1. The van der Waals surface area contributed by atoms with Crippen LogP contribution in [0.5, 0.6) is 0 Å². The van der Waals surface area contributed by atoms with Crippen LogP contribution in [0, 0.1) is 5.92 Å². The van der Waals surface area contributed by atoms with Crippen molar-refractivity contribution in [2.75, 3.05) is 6.23 Å². The molecular weight excluding hydrogens is 180 g/mol. The number of carbonyl (C=O) groups excluding carboxylic acids is 1. The van der Waals surface area contributed by atoms with Crippen LogP contribution in [0.2, 0.25) is 13.1 Å². The van der Waals surface area contributed by atoms with Crippen LogP contribution in [0.15, 0.2) is 12.3 Å². The number of hydrogen-bond acceptors (Lipinski definition) is 2. The normalized spacial score (nSPS) is 11.5. The summed E-state index contributed by atoms with van der Waals surface area (Å²) < 4.78 is 5.16. The molecule has 0 fully saturated rings. The van der Waals surface area contributed by atoms with Gasteiger partial charge in [0.2, 0.25) is 0 Å². The minimum atomic E-state index is -1.47. The first kappa shape index (κ1) is 12.4. The molecule has 13 heavy (non-hydrogen) atoms. The van der Waals surface area contributed by atoms with Crippen LogP contribution in [-0.2, 0) is 9.53 Å². The van der Waals surface area contributed by atoms with Crippen molar-refractivity contribution in [2.45, 2.75) is 33.4 Å². The third-order valence-corrected chi connectivity index (χ3v) is 3.73. The Bertz CT molecular complexity index is 185. The Morgan fingerprint density at radius 1 is 1.54 bits per heavy atom. The molecule has 0 N–H and O–H groups in total. The maximum absolute atomic E-state index is 11.2. The highest BCUT2D eigenvalue weighted by Gasteiger charge is 2.18. The second-order valence-corrected chi connectivity index (χ2v) is 9.13. The van der Waals surface area contributed by atoms with Gasteiger partial charge in [-0.15, -0.1) is 6.58 Å². The van der Waals surface area contributed by atoms with E-state index >= 15 is 0 Å². The summed E-state index contributed by atoms with van der Waals surface area (Å²) in [5.74, 6) is 0.290. The monoisotopic (exact) mass is 200 g/mol. The Hall–Kier alpha value is -0.573. The molecule has 0 aliphatic heterocycles. The first-order valence-corrected chi connectivity index (χ1v) is 7.95. The second-order valence-electron chi connectivity index (χ2n) is 4.45. The summed E-state index contributed by atoms with van der Waals surface area (Å²) in [5.41, 5.74) is 1.94. The molecule has 0 amide bonds. The molecule has 76 valence electrons. The molecule has 0 aliphatic rings. The van der Waals surface area contributed by atoms with Crippen LogP contribution in [0.1, 0.15) is 20.3 Å². The highest BCUT2D eigenvalue weighted by Crippen LogP contribution is 2.06. The summed E-state index contributed by atoms with van der Waals surface area (Å²) in [7, 11) is -1.47. The maximum atomic E-state index is 11.2. The van der Waals surface area contributed by atoms with Crippen LogP contribution < -0.4 is 0 Å². The van der Waals surface area contributed by atoms with Crippen LogP contribution in [0.3, 0.4) is 0 Å². The van der Waals surface area contributed by atoms with E-state index in [1.54, 1.807) is 0 Å². The molecule has 0 bridgehead atoms. The summed E-state index contributed by atoms with van der Waals surface area (Å²) in [6.07, 6.45) is 1.07. The van der Waals surface area contributed by atoms with E-state index in [1.807, 2.05) is 19.5 Å². The van der Waals surface area contributed by atoms with Gasteiger partial charge in [-0.3, -0.25) is 4.79 Å². The first-order valence-electron chi connectivity index (χ1n) is 4.66. The molecule has 0 heterocycles. The van der Waals surface area contributed by atoms with Gasteiger partial charge in [-0.2, -0.15) is 0 Å². The third kappa shape index (κ3) is 6.58. The number of esters is 1. The van der Waals surface area contributed by atoms with E-state index < -0.39 is 8.07 Å². The molecule has 0 aromatic carbocycles. The summed E-state index contributed by atoms with van der Waals surface area (Å²) in [6.45, 7) is 12.0. The number of carbonyl (C=O) groups is 1. The molecule has 3 heteroatoms. The van der Waals surface area contributed by atoms with Crippen LogP contribution >= 0.6 is 0 Å². The molecule has 0 rings (SSSR count). The van der Waals surface area contributed by atoms with E-state index in [0.717, 1.165) is 0 Å². The summed E-state index contributed by atoms with van der Waals surface area (Å²) in [6, 6.07) is 0. The average Bonchev–Trinajstić information content (AvgIpc) is 2.00. The average molecular weight is 200 g/mol. The molecule has 0 saturated heterocycles. The van der Waals surface area contributed by atoms with Gasteiger partial charge in [0, 0.05) is 6.42 Å². The molecule has 0 saturated carbocycles. The molecule has 0 unspecified atom stereocenters. The minimum Gasteiger partial charge on any atom is -0.469 e. The summed E-state index contributed by atoms with van der Waals surface area (Å²) >= 11 is 0. The van der Waals surface area contributed by atoms with Crippen molar-refractivity contribution in [3.05, 3.63) is 12.3 Å². The molecule has 2 nitrogen and oxygen atoms in total. The van der Waals surface area contributed by atoms with E-state index in [-0.39, 0.29) is 5.97 Å². The minimum absolute atomic E-state index is 0.0857.